The Balaban J connectivity index is 0.00000208. The minimum absolute atomic E-state index is 0. The van der Waals surface area contributed by atoms with Gasteiger partial charge in [-0.25, -0.2) is 4.98 Å². The monoisotopic (exact) mass is 439 g/mol. The Morgan fingerprint density at radius 1 is 1.33 bits per heavy atom. The maximum absolute atomic E-state index is 4.49. The van der Waals surface area contributed by atoms with Gasteiger partial charge in [-0.3, -0.25) is 4.99 Å². The van der Waals surface area contributed by atoms with Crippen LogP contribution >= 0.6 is 24.0 Å². The van der Waals surface area contributed by atoms with Crippen LogP contribution in [0.3, 0.4) is 0 Å². The molecular weight excluding hydrogens is 413 g/mol. The summed E-state index contributed by atoms with van der Waals surface area (Å²) in [4.78, 5) is 14.3. The molecule has 1 heterocycles. The van der Waals surface area contributed by atoms with E-state index in [0.717, 1.165) is 35.5 Å². The zero-order chi connectivity index (χ0) is 16.1. The molecule has 6 heteroatoms. The molecule has 0 aliphatic heterocycles. The number of aromatic nitrogens is 2. The first-order valence-electron chi connectivity index (χ1n) is 8.27. The molecule has 1 aliphatic rings. The first-order valence-corrected chi connectivity index (χ1v) is 8.27. The van der Waals surface area contributed by atoms with Gasteiger partial charge in [0, 0.05) is 20.6 Å². The molecule has 2 aromatic rings. The highest BCUT2D eigenvalue weighted by Crippen LogP contribution is 2.31. The van der Waals surface area contributed by atoms with E-state index < -0.39 is 0 Å². The van der Waals surface area contributed by atoms with E-state index >= 15 is 0 Å². The summed E-state index contributed by atoms with van der Waals surface area (Å²) in [6.45, 7) is 1.70. The summed E-state index contributed by atoms with van der Waals surface area (Å²) in [5.74, 6) is 2.80. The van der Waals surface area contributed by atoms with Crippen LogP contribution in [0.1, 0.15) is 25.1 Å². The van der Waals surface area contributed by atoms with Crippen molar-refractivity contribution >= 4 is 29.9 Å². The standard InChI is InChI=1S/C18H25N5.HI/c1-19-18(20-11-10-14-8-9-14)23(2)13-17-21-12-16(22-17)15-6-4-3-5-7-15;/h3-7,12,14H,8-11,13H2,1-2H3,(H,19,20)(H,21,22);1H. The highest BCUT2D eigenvalue weighted by atomic mass is 127. The number of benzene rings is 1. The van der Waals surface area contributed by atoms with Crippen molar-refractivity contribution in [2.45, 2.75) is 25.8 Å². The quantitative estimate of drug-likeness (QED) is 0.412. The van der Waals surface area contributed by atoms with E-state index in [0.29, 0.717) is 6.54 Å². The molecule has 0 spiro atoms. The predicted molar refractivity (Wildman–Crippen MR) is 110 cm³/mol. The molecule has 2 N–H and O–H groups in total. The average Bonchev–Trinajstić information content (AvgIpc) is 3.29. The van der Waals surface area contributed by atoms with Gasteiger partial charge in [0.2, 0.25) is 0 Å². The van der Waals surface area contributed by atoms with Gasteiger partial charge in [-0.05, 0) is 17.9 Å². The topological polar surface area (TPSA) is 56.3 Å². The van der Waals surface area contributed by atoms with Gasteiger partial charge in [0.05, 0.1) is 18.4 Å². The van der Waals surface area contributed by atoms with Gasteiger partial charge >= 0.3 is 0 Å². The van der Waals surface area contributed by atoms with E-state index in [4.69, 9.17) is 0 Å². The van der Waals surface area contributed by atoms with Crippen LogP contribution in [0.25, 0.3) is 11.3 Å². The number of aromatic amines is 1. The van der Waals surface area contributed by atoms with E-state index in [2.05, 4.69) is 37.3 Å². The Morgan fingerprint density at radius 3 is 2.75 bits per heavy atom. The van der Waals surface area contributed by atoms with Crippen LogP contribution in [0, 0.1) is 5.92 Å². The molecular formula is C18H26IN5. The maximum atomic E-state index is 4.49. The molecule has 0 amide bonds. The lowest BCUT2D eigenvalue weighted by molar-refractivity contribution is 0.462. The largest absolute Gasteiger partial charge is 0.356 e. The lowest BCUT2D eigenvalue weighted by Gasteiger charge is -2.21. The van der Waals surface area contributed by atoms with Crippen LogP contribution in [-0.4, -0.2) is 41.5 Å². The molecule has 0 bridgehead atoms. The van der Waals surface area contributed by atoms with Gasteiger partial charge < -0.3 is 15.2 Å². The number of nitrogens with zero attached hydrogens (tertiary/aromatic N) is 3. The number of H-pyrrole nitrogens is 1. The van der Waals surface area contributed by atoms with Crippen molar-refractivity contribution in [2.75, 3.05) is 20.6 Å². The van der Waals surface area contributed by atoms with Gasteiger partial charge in [0.15, 0.2) is 5.96 Å². The molecule has 1 saturated carbocycles. The van der Waals surface area contributed by atoms with Gasteiger partial charge in [-0.2, -0.15) is 0 Å². The lowest BCUT2D eigenvalue weighted by Crippen LogP contribution is -2.39. The molecule has 130 valence electrons. The van der Waals surface area contributed by atoms with Gasteiger partial charge in [0.25, 0.3) is 0 Å². The number of nitrogens with one attached hydrogen (secondary N) is 2. The first kappa shape index (κ1) is 18.8. The number of hydrogen-bond acceptors (Lipinski definition) is 2. The van der Waals surface area contributed by atoms with Crippen molar-refractivity contribution in [3.63, 3.8) is 0 Å². The predicted octanol–water partition coefficient (Wildman–Crippen LogP) is 3.50. The second-order valence-electron chi connectivity index (χ2n) is 6.17. The number of rotatable bonds is 6. The third-order valence-electron chi connectivity index (χ3n) is 4.21. The van der Waals surface area contributed by atoms with Crippen molar-refractivity contribution in [3.8, 4) is 11.3 Å². The Bertz CT molecular complexity index is 648. The van der Waals surface area contributed by atoms with Crippen molar-refractivity contribution in [1.82, 2.24) is 20.2 Å². The van der Waals surface area contributed by atoms with Crippen molar-refractivity contribution < 1.29 is 0 Å². The number of halogens is 1. The fourth-order valence-electron chi connectivity index (χ4n) is 2.69. The zero-order valence-corrected chi connectivity index (χ0v) is 16.7. The van der Waals surface area contributed by atoms with Crippen LogP contribution in [0.2, 0.25) is 0 Å². The third-order valence-corrected chi connectivity index (χ3v) is 4.21. The lowest BCUT2D eigenvalue weighted by atomic mass is 10.2. The van der Waals surface area contributed by atoms with E-state index in [1.165, 1.54) is 19.3 Å². The van der Waals surface area contributed by atoms with Crippen LogP contribution in [0.15, 0.2) is 41.5 Å². The molecule has 1 aromatic heterocycles. The molecule has 0 unspecified atom stereocenters. The highest BCUT2D eigenvalue weighted by Gasteiger charge is 2.20. The van der Waals surface area contributed by atoms with Crippen LogP contribution in [0.4, 0.5) is 0 Å². The van der Waals surface area contributed by atoms with Crippen LogP contribution in [-0.2, 0) is 6.54 Å². The average molecular weight is 439 g/mol. The van der Waals surface area contributed by atoms with Crippen LogP contribution < -0.4 is 5.32 Å². The second-order valence-corrected chi connectivity index (χ2v) is 6.17. The summed E-state index contributed by atoms with van der Waals surface area (Å²) in [5, 5.41) is 3.43. The summed E-state index contributed by atoms with van der Waals surface area (Å²) in [5.41, 5.74) is 2.20. The number of aliphatic imine (C=N–C) groups is 1. The van der Waals surface area contributed by atoms with E-state index in [1.807, 2.05) is 38.5 Å². The Morgan fingerprint density at radius 2 is 2.08 bits per heavy atom. The van der Waals surface area contributed by atoms with E-state index in [-0.39, 0.29) is 24.0 Å². The van der Waals surface area contributed by atoms with Crippen molar-refractivity contribution in [1.29, 1.82) is 0 Å². The molecule has 3 rings (SSSR count). The molecule has 1 fully saturated rings. The molecule has 0 saturated heterocycles. The minimum atomic E-state index is 0. The molecule has 1 aromatic carbocycles. The molecule has 0 atom stereocenters. The molecule has 1 aliphatic carbocycles. The van der Waals surface area contributed by atoms with E-state index in [9.17, 15) is 0 Å². The van der Waals surface area contributed by atoms with Gasteiger partial charge in [0.1, 0.15) is 5.82 Å². The third kappa shape index (κ3) is 5.22. The maximum Gasteiger partial charge on any atom is 0.193 e. The molecule has 24 heavy (non-hydrogen) atoms. The highest BCUT2D eigenvalue weighted by molar-refractivity contribution is 14.0. The normalized spacial score (nSPS) is 14.2. The van der Waals surface area contributed by atoms with Gasteiger partial charge in [-0.1, -0.05) is 43.2 Å². The fourth-order valence-corrected chi connectivity index (χ4v) is 2.69. The molecule has 5 nitrogen and oxygen atoms in total. The summed E-state index contributed by atoms with van der Waals surface area (Å²) in [6, 6.07) is 10.3. The smallest absolute Gasteiger partial charge is 0.193 e. The van der Waals surface area contributed by atoms with Gasteiger partial charge in [-0.15, -0.1) is 24.0 Å². The van der Waals surface area contributed by atoms with E-state index in [1.54, 1.807) is 0 Å². The summed E-state index contributed by atoms with van der Waals surface area (Å²) >= 11 is 0. The Hall–Kier alpha value is -1.57. The summed E-state index contributed by atoms with van der Waals surface area (Å²) in [7, 11) is 3.87. The number of guanidine groups is 1. The summed E-state index contributed by atoms with van der Waals surface area (Å²) < 4.78 is 0. The Labute approximate surface area is 161 Å². The van der Waals surface area contributed by atoms with Crippen molar-refractivity contribution in [3.05, 3.63) is 42.4 Å². The van der Waals surface area contributed by atoms with Crippen molar-refractivity contribution in [2.24, 2.45) is 10.9 Å². The fraction of sp³-hybridized carbons (Fsp3) is 0.444. The second kappa shape index (κ2) is 9.05. The van der Waals surface area contributed by atoms with Crippen LogP contribution in [0.5, 0.6) is 0 Å². The SMILES string of the molecule is CN=C(NCCC1CC1)N(C)Cc1ncc(-c2ccccc2)[nH]1.I. The summed E-state index contributed by atoms with van der Waals surface area (Å²) in [6.07, 6.45) is 5.92. The zero-order valence-electron chi connectivity index (χ0n) is 14.3. The molecule has 0 radical (unpaired) electrons. The number of imidazole rings is 1. The number of hydrogen-bond donors (Lipinski definition) is 2. The first-order chi connectivity index (χ1) is 11.3. The minimum Gasteiger partial charge on any atom is -0.356 e. The Kier molecular flexibility index (Phi) is 7.08.